The molecular weight excluding hydrogens is 134 g/mol. The molecule has 0 saturated carbocycles. The van der Waals surface area contributed by atoms with Crippen molar-refractivity contribution in [1.82, 2.24) is 0 Å². The number of benzene rings is 1. The summed E-state index contributed by atoms with van der Waals surface area (Å²) in [6, 6.07) is 5.04. The van der Waals surface area contributed by atoms with E-state index in [1.807, 2.05) is 13.0 Å². The minimum atomic E-state index is -0.153. The van der Waals surface area contributed by atoms with Gasteiger partial charge in [-0.3, -0.25) is 0 Å². The van der Waals surface area contributed by atoms with Crippen molar-refractivity contribution >= 4 is 14.5 Å². The Labute approximate surface area is 56.3 Å². The molecule has 0 fully saturated rings. The summed E-state index contributed by atoms with van der Waals surface area (Å²) in [6.07, 6.45) is 0. The largest absolute Gasteiger partial charge is 0.206 e. The molecule has 0 amide bonds. The van der Waals surface area contributed by atoms with Crippen molar-refractivity contribution in [3.63, 3.8) is 0 Å². The van der Waals surface area contributed by atoms with Gasteiger partial charge in [-0.2, -0.15) is 0 Å². The molecule has 48 valence electrons. The van der Waals surface area contributed by atoms with Crippen LogP contribution in [0.5, 0.6) is 0 Å². The summed E-state index contributed by atoms with van der Waals surface area (Å²) < 4.78 is 12.6. The maximum atomic E-state index is 12.6. The van der Waals surface area contributed by atoms with Crippen molar-refractivity contribution in [2.75, 3.05) is 0 Å². The molecule has 2 heteroatoms. The van der Waals surface area contributed by atoms with Gasteiger partial charge in [-0.05, 0) is 18.6 Å². The summed E-state index contributed by atoms with van der Waals surface area (Å²) in [4.78, 5) is 0. The first-order valence-electron chi connectivity index (χ1n) is 2.72. The zero-order valence-corrected chi connectivity index (χ0v) is 6.34. The van der Waals surface area contributed by atoms with Crippen LogP contribution in [0, 0.1) is 12.7 Å². The molecule has 1 atom stereocenters. The van der Waals surface area contributed by atoms with Crippen LogP contribution in [0.1, 0.15) is 5.56 Å². The first-order valence-corrected chi connectivity index (χ1v) is 3.30. The van der Waals surface area contributed by atoms with Gasteiger partial charge in [0.15, 0.2) is 0 Å². The summed E-state index contributed by atoms with van der Waals surface area (Å²) in [5, 5.41) is 0.664. The minimum Gasteiger partial charge on any atom is -0.206 e. The van der Waals surface area contributed by atoms with E-state index in [0.29, 0.717) is 5.30 Å². The van der Waals surface area contributed by atoms with Crippen molar-refractivity contribution in [2.24, 2.45) is 0 Å². The molecule has 1 rings (SSSR count). The Morgan fingerprint density at radius 1 is 1.44 bits per heavy atom. The molecule has 0 aromatic heterocycles. The van der Waals surface area contributed by atoms with Gasteiger partial charge in [0.25, 0.3) is 0 Å². The number of aryl methyl sites for hydroxylation is 1. The van der Waals surface area contributed by atoms with Crippen LogP contribution in [0.15, 0.2) is 18.2 Å². The van der Waals surface area contributed by atoms with E-state index in [1.165, 1.54) is 6.07 Å². The molecule has 0 aliphatic heterocycles. The lowest BCUT2D eigenvalue weighted by Gasteiger charge is -1.97. The predicted octanol–water partition coefficient (Wildman–Crippen LogP) is 1.63. The van der Waals surface area contributed by atoms with Crippen LogP contribution in [0.3, 0.4) is 0 Å². The van der Waals surface area contributed by atoms with Gasteiger partial charge in [-0.15, -0.1) is 9.24 Å². The van der Waals surface area contributed by atoms with E-state index in [4.69, 9.17) is 0 Å². The Kier molecular flexibility index (Phi) is 1.82. The zero-order chi connectivity index (χ0) is 6.85. The summed E-state index contributed by atoms with van der Waals surface area (Å²) in [5.41, 5.74) is 0.972. The second-order valence-corrected chi connectivity index (χ2v) is 2.55. The van der Waals surface area contributed by atoms with Crippen molar-refractivity contribution in [2.45, 2.75) is 6.92 Å². The van der Waals surface area contributed by atoms with Crippen LogP contribution in [-0.2, 0) is 0 Å². The van der Waals surface area contributed by atoms with E-state index in [-0.39, 0.29) is 5.82 Å². The molecule has 0 spiro atoms. The lowest BCUT2D eigenvalue weighted by molar-refractivity contribution is 0.636. The first-order chi connectivity index (χ1) is 4.22. The molecule has 0 heterocycles. The second-order valence-electron chi connectivity index (χ2n) is 1.97. The number of halogens is 1. The van der Waals surface area contributed by atoms with Crippen LogP contribution in [0.2, 0.25) is 0 Å². The second kappa shape index (κ2) is 2.45. The molecule has 0 radical (unpaired) electrons. The Balaban J connectivity index is 3.25. The summed E-state index contributed by atoms with van der Waals surface area (Å²) in [6.45, 7) is 1.88. The topological polar surface area (TPSA) is 0 Å². The smallest absolute Gasteiger partial charge is 0.130 e. The normalized spacial score (nSPS) is 9.67. The minimum absolute atomic E-state index is 0.153. The lowest BCUT2D eigenvalue weighted by Crippen LogP contribution is -2.01. The quantitative estimate of drug-likeness (QED) is 0.483. The van der Waals surface area contributed by atoms with E-state index in [1.54, 1.807) is 6.07 Å². The summed E-state index contributed by atoms with van der Waals surface area (Å²) in [7, 11) is 2.37. The van der Waals surface area contributed by atoms with E-state index in [0.717, 1.165) is 5.56 Å². The van der Waals surface area contributed by atoms with E-state index < -0.39 is 0 Å². The summed E-state index contributed by atoms with van der Waals surface area (Å²) in [5.74, 6) is -0.153. The number of hydrogen-bond donors (Lipinski definition) is 0. The standard InChI is InChI=1S/C7H8FP/c1-5-3-2-4-6(8)7(5)9/h2-4H,9H2,1H3. The molecule has 0 saturated heterocycles. The fourth-order valence-electron chi connectivity index (χ4n) is 0.645. The SMILES string of the molecule is Cc1cccc(F)c1P. The molecule has 0 aliphatic carbocycles. The van der Waals surface area contributed by atoms with E-state index in [2.05, 4.69) is 9.24 Å². The molecule has 0 aliphatic rings. The third-order valence-electron chi connectivity index (χ3n) is 1.27. The monoisotopic (exact) mass is 142 g/mol. The van der Waals surface area contributed by atoms with Gasteiger partial charge in [0.05, 0.1) is 0 Å². The van der Waals surface area contributed by atoms with E-state index >= 15 is 0 Å². The average molecular weight is 142 g/mol. The number of hydrogen-bond acceptors (Lipinski definition) is 0. The van der Waals surface area contributed by atoms with E-state index in [9.17, 15) is 4.39 Å². The molecular formula is C7H8FP. The lowest BCUT2D eigenvalue weighted by atomic mass is 10.2. The van der Waals surface area contributed by atoms with Crippen LogP contribution in [-0.4, -0.2) is 0 Å². The van der Waals surface area contributed by atoms with Crippen LogP contribution in [0.25, 0.3) is 0 Å². The van der Waals surface area contributed by atoms with Gasteiger partial charge in [-0.25, -0.2) is 4.39 Å². The van der Waals surface area contributed by atoms with Gasteiger partial charge in [0, 0.05) is 5.30 Å². The first kappa shape index (κ1) is 6.70. The van der Waals surface area contributed by atoms with Gasteiger partial charge in [-0.1, -0.05) is 12.1 Å². The fourth-order valence-corrected chi connectivity index (χ4v) is 0.837. The van der Waals surface area contributed by atoms with Crippen LogP contribution >= 0.6 is 9.24 Å². The Bertz CT molecular complexity index is 200. The third kappa shape index (κ3) is 1.28. The molecule has 0 N–H and O–H groups in total. The van der Waals surface area contributed by atoms with Crippen LogP contribution in [0.4, 0.5) is 4.39 Å². The van der Waals surface area contributed by atoms with Crippen molar-refractivity contribution in [1.29, 1.82) is 0 Å². The Morgan fingerprint density at radius 3 is 2.56 bits per heavy atom. The van der Waals surface area contributed by atoms with Gasteiger partial charge in [0.2, 0.25) is 0 Å². The third-order valence-corrected chi connectivity index (χ3v) is 2.00. The fraction of sp³-hybridized carbons (Fsp3) is 0.143. The van der Waals surface area contributed by atoms with Crippen molar-refractivity contribution in [3.05, 3.63) is 29.6 Å². The van der Waals surface area contributed by atoms with Crippen LogP contribution < -0.4 is 5.30 Å². The van der Waals surface area contributed by atoms with Crippen molar-refractivity contribution < 1.29 is 4.39 Å². The summed E-state index contributed by atoms with van der Waals surface area (Å²) >= 11 is 0. The average Bonchev–Trinajstić information content (AvgIpc) is 1.83. The van der Waals surface area contributed by atoms with Gasteiger partial charge >= 0.3 is 0 Å². The Hall–Kier alpha value is -0.420. The molecule has 1 aromatic carbocycles. The molecule has 0 nitrogen and oxygen atoms in total. The van der Waals surface area contributed by atoms with Gasteiger partial charge < -0.3 is 0 Å². The zero-order valence-electron chi connectivity index (χ0n) is 5.19. The highest BCUT2D eigenvalue weighted by molar-refractivity contribution is 7.27. The number of rotatable bonds is 0. The highest BCUT2D eigenvalue weighted by Gasteiger charge is 1.96. The Morgan fingerprint density at radius 2 is 2.11 bits per heavy atom. The van der Waals surface area contributed by atoms with Gasteiger partial charge in [0.1, 0.15) is 5.82 Å². The maximum absolute atomic E-state index is 12.6. The predicted molar refractivity (Wildman–Crippen MR) is 40.5 cm³/mol. The molecule has 1 aromatic rings. The highest BCUT2D eigenvalue weighted by Crippen LogP contribution is 2.02. The molecule has 0 bridgehead atoms. The maximum Gasteiger partial charge on any atom is 0.130 e. The molecule has 9 heavy (non-hydrogen) atoms. The molecule has 1 unspecified atom stereocenters. The van der Waals surface area contributed by atoms with Crippen molar-refractivity contribution in [3.8, 4) is 0 Å². The highest BCUT2D eigenvalue weighted by atomic mass is 31.0.